The van der Waals surface area contributed by atoms with E-state index >= 15 is 0 Å². The SMILES string of the molecule is Cc1scc2ncnc(Nc3ccc(OCC4CCCCC4)cc3)c12. The minimum Gasteiger partial charge on any atom is -0.493 e. The number of rotatable bonds is 5. The Morgan fingerprint density at radius 1 is 1.12 bits per heavy atom. The normalized spacial score (nSPS) is 15.4. The van der Waals surface area contributed by atoms with Crippen molar-refractivity contribution in [2.75, 3.05) is 11.9 Å². The highest BCUT2D eigenvalue weighted by atomic mass is 32.1. The number of ether oxygens (including phenoxy) is 1. The zero-order valence-corrected chi connectivity index (χ0v) is 15.3. The summed E-state index contributed by atoms with van der Waals surface area (Å²) in [6.07, 6.45) is 8.32. The zero-order valence-electron chi connectivity index (χ0n) is 14.5. The van der Waals surface area contributed by atoms with Crippen LogP contribution >= 0.6 is 11.3 Å². The van der Waals surface area contributed by atoms with Gasteiger partial charge < -0.3 is 10.1 Å². The first kappa shape index (κ1) is 16.3. The summed E-state index contributed by atoms with van der Waals surface area (Å²) < 4.78 is 5.98. The standard InChI is InChI=1S/C20H23N3OS/c1-14-19-18(12-25-14)21-13-22-20(19)23-16-7-9-17(10-8-16)24-11-15-5-3-2-4-6-15/h7-10,12-13,15H,2-6,11H2,1H3,(H,21,22,23). The van der Waals surface area contributed by atoms with E-state index in [0.29, 0.717) is 0 Å². The molecule has 0 spiro atoms. The van der Waals surface area contributed by atoms with Crippen LogP contribution in [0, 0.1) is 12.8 Å². The largest absolute Gasteiger partial charge is 0.493 e. The van der Waals surface area contributed by atoms with Gasteiger partial charge in [-0.2, -0.15) is 0 Å². The van der Waals surface area contributed by atoms with E-state index in [1.165, 1.54) is 37.0 Å². The molecular formula is C20H23N3OS. The third-order valence-corrected chi connectivity index (χ3v) is 5.80. The number of nitrogens with zero attached hydrogens (tertiary/aromatic N) is 2. The van der Waals surface area contributed by atoms with Crippen LogP contribution in [0.5, 0.6) is 5.75 Å². The van der Waals surface area contributed by atoms with Gasteiger partial charge in [0.1, 0.15) is 17.9 Å². The van der Waals surface area contributed by atoms with E-state index in [0.717, 1.165) is 40.7 Å². The summed E-state index contributed by atoms with van der Waals surface area (Å²) in [6.45, 7) is 2.94. The fourth-order valence-electron chi connectivity index (χ4n) is 3.47. The van der Waals surface area contributed by atoms with Crippen LogP contribution < -0.4 is 10.1 Å². The number of benzene rings is 1. The lowest BCUT2D eigenvalue weighted by molar-refractivity contribution is 0.209. The van der Waals surface area contributed by atoms with Gasteiger partial charge >= 0.3 is 0 Å². The van der Waals surface area contributed by atoms with E-state index in [1.807, 2.05) is 24.3 Å². The van der Waals surface area contributed by atoms with Crippen molar-refractivity contribution in [3.8, 4) is 5.75 Å². The predicted octanol–water partition coefficient (Wildman–Crippen LogP) is 5.70. The lowest BCUT2D eigenvalue weighted by Crippen LogP contribution is -2.15. The topological polar surface area (TPSA) is 47.0 Å². The lowest BCUT2D eigenvalue weighted by atomic mass is 9.90. The molecule has 1 aliphatic rings. The summed E-state index contributed by atoms with van der Waals surface area (Å²) in [6, 6.07) is 8.16. The van der Waals surface area contributed by atoms with Crippen LogP contribution in [0.2, 0.25) is 0 Å². The Morgan fingerprint density at radius 2 is 1.92 bits per heavy atom. The molecule has 4 rings (SSSR count). The maximum absolute atomic E-state index is 5.98. The van der Waals surface area contributed by atoms with Crippen LogP contribution in [0.4, 0.5) is 11.5 Å². The Balaban J connectivity index is 1.42. The Labute approximate surface area is 152 Å². The maximum atomic E-state index is 5.98. The van der Waals surface area contributed by atoms with E-state index in [-0.39, 0.29) is 0 Å². The van der Waals surface area contributed by atoms with E-state index in [1.54, 1.807) is 17.7 Å². The van der Waals surface area contributed by atoms with Gasteiger partial charge in [0, 0.05) is 15.9 Å². The summed E-state index contributed by atoms with van der Waals surface area (Å²) in [5.74, 6) is 2.53. The third-order valence-electron chi connectivity index (χ3n) is 4.90. The number of anilines is 2. The molecule has 0 saturated heterocycles. The van der Waals surface area contributed by atoms with Crippen LogP contribution in [-0.4, -0.2) is 16.6 Å². The van der Waals surface area contributed by atoms with E-state index < -0.39 is 0 Å². The minimum absolute atomic E-state index is 0.724. The monoisotopic (exact) mass is 353 g/mol. The minimum atomic E-state index is 0.724. The molecule has 130 valence electrons. The zero-order chi connectivity index (χ0) is 17.1. The second kappa shape index (κ2) is 7.40. The van der Waals surface area contributed by atoms with Gasteiger partial charge in [-0.25, -0.2) is 9.97 Å². The lowest BCUT2D eigenvalue weighted by Gasteiger charge is -2.21. The molecule has 1 saturated carbocycles. The van der Waals surface area contributed by atoms with Gasteiger partial charge in [-0.15, -0.1) is 11.3 Å². The number of hydrogen-bond donors (Lipinski definition) is 1. The van der Waals surface area contributed by atoms with Crippen LogP contribution in [-0.2, 0) is 0 Å². The summed E-state index contributed by atoms with van der Waals surface area (Å²) in [5, 5.41) is 6.58. The van der Waals surface area contributed by atoms with Crippen molar-refractivity contribution < 1.29 is 4.74 Å². The molecule has 4 nitrogen and oxygen atoms in total. The molecule has 1 aliphatic carbocycles. The molecule has 0 aliphatic heterocycles. The smallest absolute Gasteiger partial charge is 0.142 e. The first-order valence-corrected chi connectivity index (χ1v) is 9.86. The molecule has 25 heavy (non-hydrogen) atoms. The van der Waals surface area contributed by atoms with Crippen molar-refractivity contribution in [3.05, 3.63) is 40.8 Å². The van der Waals surface area contributed by atoms with Crippen molar-refractivity contribution in [2.45, 2.75) is 39.0 Å². The average molecular weight is 353 g/mol. The van der Waals surface area contributed by atoms with Crippen molar-refractivity contribution in [3.63, 3.8) is 0 Å². The molecule has 0 atom stereocenters. The van der Waals surface area contributed by atoms with E-state index in [4.69, 9.17) is 4.74 Å². The summed E-state index contributed by atoms with van der Waals surface area (Å²) in [4.78, 5) is 9.96. The molecule has 0 amide bonds. The van der Waals surface area contributed by atoms with E-state index in [2.05, 4.69) is 27.6 Å². The molecule has 3 aromatic rings. The first-order chi connectivity index (χ1) is 12.3. The molecule has 1 aromatic carbocycles. The first-order valence-electron chi connectivity index (χ1n) is 8.98. The van der Waals surface area contributed by atoms with Gasteiger partial charge in [0.2, 0.25) is 0 Å². The highest BCUT2D eigenvalue weighted by Gasteiger charge is 2.14. The highest BCUT2D eigenvalue weighted by molar-refractivity contribution is 7.11. The summed E-state index contributed by atoms with van der Waals surface area (Å²) in [5.41, 5.74) is 2.00. The average Bonchev–Trinajstić information content (AvgIpc) is 3.04. The van der Waals surface area contributed by atoms with Crippen LogP contribution in [0.25, 0.3) is 10.9 Å². The maximum Gasteiger partial charge on any atom is 0.142 e. The third kappa shape index (κ3) is 3.76. The molecule has 1 N–H and O–H groups in total. The Bertz CT molecular complexity index is 838. The van der Waals surface area contributed by atoms with Gasteiger partial charge in [-0.1, -0.05) is 19.3 Å². The highest BCUT2D eigenvalue weighted by Crippen LogP contribution is 2.31. The van der Waals surface area contributed by atoms with Crippen molar-refractivity contribution in [1.29, 1.82) is 0 Å². The second-order valence-electron chi connectivity index (χ2n) is 6.74. The predicted molar refractivity (Wildman–Crippen MR) is 104 cm³/mol. The van der Waals surface area contributed by atoms with Gasteiger partial charge in [0.25, 0.3) is 0 Å². The van der Waals surface area contributed by atoms with Crippen LogP contribution in [0.1, 0.15) is 37.0 Å². The second-order valence-corrected chi connectivity index (χ2v) is 7.82. The molecule has 0 radical (unpaired) electrons. The Morgan fingerprint density at radius 3 is 2.72 bits per heavy atom. The van der Waals surface area contributed by atoms with Crippen LogP contribution in [0.3, 0.4) is 0 Å². The fraction of sp³-hybridized carbons (Fsp3) is 0.400. The van der Waals surface area contributed by atoms with Crippen LogP contribution in [0.15, 0.2) is 36.0 Å². The van der Waals surface area contributed by atoms with Gasteiger partial charge in [-0.05, 0) is 49.9 Å². The summed E-state index contributed by atoms with van der Waals surface area (Å²) in [7, 11) is 0. The molecule has 0 unspecified atom stereocenters. The molecule has 2 aromatic heterocycles. The van der Waals surface area contributed by atoms with Crippen molar-refractivity contribution in [2.24, 2.45) is 5.92 Å². The molecular weight excluding hydrogens is 330 g/mol. The van der Waals surface area contributed by atoms with Gasteiger partial charge in [-0.3, -0.25) is 0 Å². The fourth-order valence-corrected chi connectivity index (χ4v) is 4.26. The number of aryl methyl sites for hydroxylation is 1. The van der Waals surface area contributed by atoms with Crippen molar-refractivity contribution in [1.82, 2.24) is 9.97 Å². The van der Waals surface area contributed by atoms with Crippen molar-refractivity contribution >= 4 is 33.7 Å². The Kier molecular flexibility index (Phi) is 4.83. The number of aromatic nitrogens is 2. The quantitative estimate of drug-likeness (QED) is 0.639. The number of hydrogen-bond acceptors (Lipinski definition) is 5. The molecule has 5 heteroatoms. The number of nitrogens with one attached hydrogen (secondary N) is 1. The van der Waals surface area contributed by atoms with Gasteiger partial charge in [0.05, 0.1) is 17.5 Å². The molecule has 1 fully saturated rings. The van der Waals surface area contributed by atoms with Gasteiger partial charge in [0.15, 0.2) is 0 Å². The molecule has 2 heterocycles. The number of thiophene rings is 1. The molecule has 0 bridgehead atoms. The van der Waals surface area contributed by atoms with E-state index in [9.17, 15) is 0 Å². The Hall–Kier alpha value is -2.14. The number of fused-ring (bicyclic) bond motifs is 1. The summed E-state index contributed by atoms with van der Waals surface area (Å²) >= 11 is 1.70.